The predicted octanol–water partition coefficient (Wildman–Crippen LogP) is 3.89. The van der Waals surface area contributed by atoms with Crippen LogP contribution in [0.1, 0.15) is 0 Å². The van der Waals surface area contributed by atoms with Crippen LogP contribution >= 0.6 is 23.2 Å². The number of nitrogens with zero attached hydrogens (tertiary/aromatic N) is 1. The van der Waals surface area contributed by atoms with Crippen LogP contribution in [-0.4, -0.2) is 17.5 Å². The molecule has 0 saturated carbocycles. The molecule has 4 nitrogen and oxygen atoms in total. The molecule has 0 radical (unpaired) electrons. The molecule has 1 heterocycles. The first-order chi connectivity index (χ1) is 9.91. The first kappa shape index (κ1) is 14.3. The van der Waals surface area contributed by atoms with Gasteiger partial charge in [-0.2, -0.15) is 0 Å². The molecule has 7 heteroatoms. The van der Waals surface area contributed by atoms with Gasteiger partial charge in [-0.25, -0.2) is 12.4 Å². The average Bonchev–Trinajstić information content (AvgIpc) is 2.88. The van der Waals surface area contributed by atoms with Crippen molar-refractivity contribution in [2.24, 2.45) is 0 Å². The molecule has 3 rings (SSSR count). The second-order valence-corrected chi connectivity index (χ2v) is 7.06. The van der Waals surface area contributed by atoms with Gasteiger partial charge in [-0.05, 0) is 36.4 Å². The Hall–Kier alpha value is -1.69. The molecule has 1 aromatic heterocycles. The fraction of sp³-hybridized carbons (Fsp3) is 0. The summed E-state index contributed by atoms with van der Waals surface area (Å²) >= 11 is 11.7. The second kappa shape index (κ2) is 4.94. The van der Waals surface area contributed by atoms with Gasteiger partial charge in [-0.15, -0.1) is 0 Å². The topological polar surface area (TPSA) is 59.3 Å². The Morgan fingerprint density at radius 2 is 1.81 bits per heavy atom. The minimum atomic E-state index is -3.80. The Bertz CT molecular complexity index is 948. The van der Waals surface area contributed by atoms with Crippen molar-refractivity contribution in [1.82, 2.24) is 3.97 Å². The minimum absolute atomic E-state index is 0.0712. The van der Waals surface area contributed by atoms with Crippen LogP contribution < -0.4 is 0 Å². The van der Waals surface area contributed by atoms with Gasteiger partial charge in [0.2, 0.25) is 0 Å². The molecule has 0 amide bonds. The molecule has 0 aliphatic carbocycles. The zero-order valence-corrected chi connectivity index (χ0v) is 12.8. The summed E-state index contributed by atoms with van der Waals surface area (Å²) in [4.78, 5) is 0.0712. The molecule has 0 unspecified atom stereocenters. The molecular formula is C14H9Cl2NO3S. The van der Waals surface area contributed by atoms with Gasteiger partial charge in [0.15, 0.2) is 0 Å². The van der Waals surface area contributed by atoms with Gasteiger partial charge in [-0.3, -0.25) is 0 Å². The summed E-state index contributed by atoms with van der Waals surface area (Å²) in [6.45, 7) is 0. The molecule has 0 bridgehead atoms. The van der Waals surface area contributed by atoms with Gasteiger partial charge < -0.3 is 5.11 Å². The van der Waals surface area contributed by atoms with Crippen LogP contribution in [-0.2, 0) is 10.0 Å². The molecule has 21 heavy (non-hydrogen) atoms. The minimum Gasteiger partial charge on any atom is -0.506 e. The summed E-state index contributed by atoms with van der Waals surface area (Å²) in [7, 11) is -3.80. The number of phenols is 1. The van der Waals surface area contributed by atoms with E-state index in [0.29, 0.717) is 15.9 Å². The third-order valence-corrected chi connectivity index (χ3v) is 5.34. The largest absolute Gasteiger partial charge is 0.506 e. The van der Waals surface area contributed by atoms with E-state index in [9.17, 15) is 13.5 Å². The average molecular weight is 342 g/mol. The monoisotopic (exact) mass is 341 g/mol. The van der Waals surface area contributed by atoms with Crippen molar-refractivity contribution in [3.63, 3.8) is 0 Å². The van der Waals surface area contributed by atoms with E-state index >= 15 is 0 Å². The van der Waals surface area contributed by atoms with E-state index in [1.807, 2.05) is 0 Å². The molecule has 0 aliphatic heterocycles. The van der Waals surface area contributed by atoms with Crippen LogP contribution in [0.4, 0.5) is 0 Å². The maximum Gasteiger partial charge on any atom is 0.268 e. The maximum atomic E-state index is 12.6. The SMILES string of the molecule is O=S(=O)(c1cccc(Cl)c1)n1ccc2c(O)c(Cl)ccc21. The lowest BCUT2D eigenvalue weighted by atomic mass is 10.2. The molecule has 0 spiro atoms. The smallest absolute Gasteiger partial charge is 0.268 e. The standard InChI is InChI=1S/C14H9Cl2NO3S/c15-9-2-1-3-10(8-9)21(19,20)17-7-6-11-13(17)5-4-12(16)14(11)18/h1-8,18H. The maximum absolute atomic E-state index is 12.6. The summed E-state index contributed by atoms with van der Waals surface area (Å²) in [6, 6.07) is 10.5. The molecule has 2 aromatic carbocycles. The number of hydrogen-bond acceptors (Lipinski definition) is 3. The van der Waals surface area contributed by atoms with Gasteiger partial charge >= 0.3 is 0 Å². The van der Waals surface area contributed by atoms with Crippen LogP contribution in [0.3, 0.4) is 0 Å². The van der Waals surface area contributed by atoms with E-state index in [4.69, 9.17) is 23.2 Å². The van der Waals surface area contributed by atoms with Crippen molar-refractivity contribution in [1.29, 1.82) is 0 Å². The van der Waals surface area contributed by atoms with Gasteiger partial charge in [0.05, 0.1) is 15.4 Å². The highest BCUT2D eigenvalue weighted by Gasteiger charge is 2.20. The molecule has 0 aliphatic rings. The van der Waals surface area contributed by atoms with Crippen molar-refractivity contribution in [2.75, 3.05) is 0 Å². The van der Waals surface area contributed by atoms with E-state index in [1.165, 1.54) is 30.5 Å². The van der Waals surface area contributed by atoms with Crippen LogP contribution in [0.2, 0.25) is 10.0 Å². The van der Waals surface area contributed by atoms with Gasteiger partial charge in [-0.1, -0.05) is 29.3 Å². The van der Waals surface area contributed by atoms with Crippen molar-refractivity contribution in [3.05, 3.63) is 58.7 Å². The van der Waals surface area contributed by atoms with Crippen molar-refractivity contribution < 1.29 is 13.5 Å². The zero-order valence-electron chi connectivity index (χ0n) is 10.5. The zero-order chi connectivity index (χ0) is 15.2. The summed E-state index contributed by atoms with van der Waals surface area (Å²) < 4.78 is 26.4. The number of phenolic OH excluding ortho intramolecular Hbond substituents is 1. The Labute approximate surface area is 131 Å². The van der Waals surface area contributed by atoms with Gasteiger partial charge in [0, 0.05) is 16.6 Å². The highest BCUT2D eigenvalue weighted by molar-refractivity contribution is 7.90. The molecule has 0 saturated heterocycles. The quantitative estimate of drug-likeness (QED) is 0.769. The van der Waals surface area contributed by atoms with Crippen molar-refractivity contribution in [2.45, 2.75) is 4.90 Å². The molecule has 3 aromatic rings. The lowest BCUT2D eigenvalue weighted by molar-refractivity contribution is 0.482. The number of fused-ring (bicyclic) bond motifs is 1. The molecule has 0 fully saturated rings. The van der Waals surface area contributed by atoms with Gasteiger partial charge in [0.25, 0.3) is 10.0 Å². The number of aromatic hydroxyl groups is 1. The Kier molecular flexibility index (Phi) is 3.36. The fourth-order valence-electron chi connectivity index (χ4n) is 2.10. The first-order valence-corrected chi connectivity index (χ1v) is 8.10. The Morgan fingerprint density at radius 3 is 2.52 bits per heavy atom. The molecule has 1 N–H and O–H groups in total. The second-order valence-electron chi connectivity index (χ2n) is 4.40. The highest BCUT2D eigenvalue weighted by Crippen LogP contribution is 2.34. The Morgan fingerprint density at radius 1 is 1.05 bits per heavy atom. The Balaban J connectivity index is 2.28. The highest BCUT2D eigenvalue weighted by atomic mass is 35.5. The third kappa shape index (κ3) is 2.27. The summed E-state index contributed by atoms with van der Waals surface area (Å²) in [5.41, 5.74) is 0.344. The lowest BCUT2D eigenvalue weighted by Gasteiger charge is -2.08. The number of hydrogen-bond donors (Lipinski definition) is 1. The fourth-order valence-corrected chi connectivity index (χ4v) is 3.91. The van der Waals surface area contributed by atoms with Crippen LogP contribution in [0.25, 0.3) is 10.9 Å². The number of aromatic nitrogens is 1. The van der Waals surface area contributed by atoms with E-state index in [0.717, 1.165) is 3.97 Å². The first-order valence-electron chi connectivity index (χ1n) is 5.91. The lowest BCUT2D eigenvalue weighted by Crippen LogP contribution is -2.11. The van der Waals surface area contributed by atoms with E-state index in [2.05, 4.69) is 0 Å². The van der Waals surface area contributed by atoms with Crippen molar-refractivity contribution in [3.8, 4) is 5.75 Å². The van der Waals surface area contributed by atoms with Crippen molar-refractivity contribution >= 4 is 44.1 Å². The van der Waals surface area contributed by atoms with Crippen LogP contribution in [0, 0.1) is 0 Å². The van der Waals surface area contributed by atoms with E-state index in [-0.39, 0.29) is 15.7 Å². The third-order valence-electron chi connectivity index (χ3n) is 3.11. The van der Waals surface area contributed by atoms with Gasteiger partial charge in [0.1, 0.15) is 5.75 Å². The van der Waals surface area contributed by atoms with Crippen LogP contribution in [0.5, 0.6) is 5.75 Å². The number of benzene rings is 2. The number of rotatable bonds is 2. The normalized spacial score (nSPS) is 11.9. The molecular weight excluding hydrogens is 333 g/mol. The summed E-state index contributed by atoms with van der Waals surface area (Å²) in [5, 5.41) is 10.8. The van der Waals surface area contributed by atoms with E-state index < -0.39 is 10.0 Å². The molecule has 0 atom stereocenters. The summed E-state index contributed by atoms with van der Waals surface area (Å²) in [6.07, 6.45) is 1.37. The number of halogens is 2. The van der Waals surface area contributed by atoms with Crippen LogP contribution in [0.15, 0.2) is 53.6 Å². The molecule has 108 valence electrons. The predicted molar refractivity (Wildman–Crippen MR) is 82.6 cm³/mol. The van der Waals surface area contributed by atoms with E-state index in [1.54, 1.807) is 18.2 Å². The summed E-state index contributed by atoms with van der Waals surface area (Å²) in [5.74, 6) is -0.144.